The van der Waals surface area contributed by atoms with Crippen LogP contribution in [-0.4, -0.2) is 36.9 Å². The van der Waals surface area contributed by atoms with E-state index >= 15 is 0 Å². The second-order valence-electron chi connectivity index (χ2n) is 6.00. The molecule has 0 aliphatic heterocycles. The summed E-state index contributed by atoms with van der Waals surface area (Å²) in [4.78, 5) is 22.7. The number of nitrogens with two attached hydrogens (primary N) is 1. The number of rotatable bonds is 5. The van der Waals surface area contributed by atoms with Gasteiger partial charge in [0.05, 0.1) is 7.11 Å². The molecule has 0 aromatic carbocycles. The molecule has 0 radical (unpaired) electrons. The monoisotopic (exact) mass is 272 g/mol. The fourth-order valence-electron chi connectivity index (χ4n) is 2.00. The number of methoxy groups -OCH3 is 1. The van der Waals surface area contributed by atoms with E-state index in [2.05, 4.69) is 10.1 Å². The van der Waals surface area contributed by atoms with E-state index in [9.17, 15) is 9.59 Å². The largest absolute Gasteiger partial charge is 0.468 e. The van der Waals surface area contributed by atoms with E-state index in [0.29, 0.717) is 13.0 Å². The molecule has 0 aromatic heterocycles. The summed E-state index contributed by atoms with van der Waals surface area (Å²) >= 11 is 0. The molecule has 1 fully saturated rings. The van der Waals surface area contributed by atoms with Gasteiger partial charge in [0, 0.05) is 6.54 Å². The van der Waals surface area contributed by atoms with Crippen LogP contribution in [0.1, 0.15) is 40.0 Å². The zero-order chi connectivity index (χ0) is 14.7. The van der Waals surface area contributed by atoms with Crippen LogP contribution in [0.15, 0.2) is 0 Å². The van der Waals surface area contributed by atoms with Gasteiger partial charge in [0.15, 0.2) is 0 Å². The quantitative estimate of drug-likeness (QED) is 0.579. The van der Waals surface area contributed by atoms with Gasteiger partial charge in [0.1, 0.15) is 11.1 Å². The van der Waals surface area contributed by atoms with E-state index in [0.717, 1.165) is 12.8 Å². The maximum atomic E-state index is 11.4. The molecule has 110 valence electrons. The minimum atomic E-state index is -0.805. The average molecular weight is 272 g/mol. The standard InChI is InChI=1S/C13H24N2O4/c1-12(2,3)19-11(17)15-7-5-6-9-8-13(9,14)10(16)18-4/h9H,5-8,14H2,1-4H3,(H,15,17)/t9-,13?/m1/s1. The molecule has 0 aromatic rings. The van der Waals surface area contributed by atoms with Crippen LogP contribution in [0.2, 0.25) is 0 Å². The maximum Gasteiger partial charge on any atom is 0.407 e. The van der Waals surface area contributed by atoms with Crippen LogP contribution in [0.25, 0.3) is 0 Å². The second kappa shape index (κ2) is 5.77. The van der Waals surface area contributed by atoms with Crippen LogP contribution in [0.4, 0.5) is 4.79 Å². The number of ether oxygens (including phenoxy) is 2. The average Bonchev–Trinajstić information content (AvgIpc) is 2.94. The summed E-state index contributed by atoms with van der Waals surface area (Å²) in [5.41, 5.74) is 4.59. The molecule has 1 aliphatic rings. The molecule has 0 heterocycles. The van der Waals surface area contributed by atoms with Gasteiger partial charge in [-0.2, -0.15) is 0 Å². The molecule has 0 saturated heterocycles. The van der Waals surface area contributed by atoms with Crippen molar-refractivity contribution < 1.29 is 19.1 Å². The van der Waals surface area contributed by atoms with E-state index in [4.69, 9.17) is 10.5 Å². The predicted octanol–water partition coefficient (Wildman–Crippen LogP) is 1.18. The molecular formula is C13H24N2O4. The van der Waals surface area contributed by atoms with Gasteiger partial charge in [-0.15, -0.1) is 0 Å². The number of carbonyl (C=O) groups excluding carboxylic acids is 2. The SMILES string of the molecule is COC(=O)C1(N)C[C@H]1CCCNC(=O)OC(C)(C)C. The molecule has 0 spiro atoms. The normalized spacial score (nSPS) is 25.6. The van der Waals surface area contributed by atoms with Crippen molar-refractivity contribution in [3.63, 3.8) is 0 Å². The third-order valence-corrected chi connectivity index (χ3v) is 3.12. The highest BCUT2D eigenvalue weighted by atomic mass is 16.6. The summed E-state index contributed by atoms with van der Waals surface area (Å²) < 4.78 is 9.76. The van der Waals surface area contributed by atoms with E-state index in [1.54, 1.807) is 0 Å². The zero-order valence-electron chi connectivity index (χ0n) is 12.1. The van der Waals surface area contributed by atoms with Crippen molar-refractivity contribution in [3.8, 4) is 0 Å². The van der Waals surface area contributed by atoms with Crippen molar-refractivity contribution in [3.05, 3.63) is 0 Å². The van der Waals surface area contributed by atoms with Crippen LogP contribution >= 0.6 is 0 Å². The molecule has 1 unspecified atom stereocenters. The Morgan fingerprint density at radius 2 is 2.05 bits per heavy atom. The van der Waals surface area contributed by atoms with E-state index < -0.39 is 17.2 Å². The maximum absolute atomic E-state index is 11.4. The van der Waals surface area contributed by atoms with Gasteiger partial charge < -0.3 is 20.5 Å². The van der Waals surface area contributed by atoms with E-state index in [-0.39, 0.29) is 11.9 Å². The molecule has 3 N–H and O–H groups in total. The highest BCUT2D eigenvalue weighted by molar-refractivity contribution is 5.84. The fourth-order valence-corrected chi connectivity index (χ4v) is 2.00. The first kappa shape index (κ1) is 15.8. The lowest BCUT2D eigenvalue weighted by Gasteiger charge is -2.19. The minimum absolute atomic E-state index is 0.153. The van der Waals surface area contributed by atoms with E-state index in [1.807, 2.05) is 20.8 Å². The van der Waals surface area contributed by atoms with Gasteiger partial charge in [0.2, 0.25) is 0 Å². The summed E-state index contributed by atoms with van der Waals surface area (Å²) in [6.07, 6.45) is 1.79. The Hall–Kier alpha value is -1.30. The first-order valence-corrected chi connectivity index (χ1v) is 6.53. The lowest BCUT2D eigenvalue weighted by Crippen LogP contribution is -2.36. The van der Waals surface area contributed by atoms with Crippen LogP contribution in [0.3, 0.4) is 0 Å². The smallest absolute Gasteiger partial charge is 0.407 e. The number of amides is 1. The molecule has 2 atom stereocenters. The van der Waals surface area contributed by atoms with Gasteiger partial charge in [-0.1, -0.05) is 0 Å². The Labute approximate surface area is 114 Å². The lowest BCUT2D eigenvalue weighted by atomic mass is 10.1. The van der Waals surface area contributed by atoms with Crippen LogP contribution in [0.5, 0.6) is 0 Å². The molecule has 6 nitrogen and oxygen atoms in total. The van der Waals surface area contributed by atoms with E-state index in [1.165, 1.54) is 7.11 Å². The van der Waals surface area contributed by atoms with Crippen molar-refractivity contribution in [2.45, 2.75) is 51.2 Å². The van der Waals surface area contributed by atoms with Gasteiger partial charge in [-0.25, -0.2) is 4.79 Å². The minimum Gasteiger partial charge on any atom is -0.468 e. The van der Waals surface area contributed by atoms with Gasteiger partial charge in [0.25, 0.3) is 0 Å². The molecular weight excluding hydrogens is 248 g/mol. The van der Waals surface area contributed by atoms with Crippen molar-refractivity contribution in [1.82, 2.24) is 5.32 Å². The van der Waals surface area contributed by atoms with Crippen molar-refractivity contribution in [2.24, 2.45) is 11.7 Å². The molecule has 19 heavy (non-hydrogen) atoms. The highest BCUT2D eigenvalue weighted by Crippen LogP contribution is 2.44. The molecule has 1 rings (SSSR count). The van der Waals surface area contributed by atoms with Gasteiger partial charge in [-0.3, -0.25) is 4.79 Å². The second-order valence-corrected chi connectivity index (χ2v) is 6.00. The Bertz CT molecular complexity index is 351. The summed E-state index contributed by atoms with van der Waals surface area (Å²) in [6.45, 7) is 5.96. The summed E-state index contributed by atoms with van der Waals surface area (Å²) in [5.74, 6) is -0.196. The van der Waals surface area contributed by atoms with Crippen LogP contribution in [0, 0.1) is 5.92 Å². The van der Waals surface area contributed by atoms with Crippen molar-refractivity contribution >= 4 is 12.1 Å². The Morgan fingerprint density at radius 3 is 2.58 bits per heavy atom. The number of hydrogen-bond donors (Lipinski definition) is 2. The van der Waals surface area contributed by atoms with Crippen molar-refractivity contribution in [2.75, 3.05) is 13.7 Å². The Balaban J connectivity index is 2.13. The molecule has 0 bridgehead atoms. The summed E-state index contributed by atoms with van der Waals surface area (Å²) in [7, 11) is 1.34. The molecule has 1 aliphatic carbocycles. The zero-order valence-corrected chi connectivity index (χ0v) is 12.1. The summed E-state index contributed by atoms with van der Waals surface area (Å²) in [6, 6.07) is 0. The van der Waals surface area contributed by atoms with Gasteiger partial charge >= 0.3 is 12.1 Å². The molecule has 1 amide bonds. The lowest BCUT2D eigenvalue weighted by molar-refractivity contribution is -0.143. The highest BCUT2D eigenvalue weighted by Gasteiger charge is 2.57. The van der Waals surface area contributed by atoms with Crippen LogP contribution < -0.4 is 11.1 Å². The Morgan fingerprint density at radius 1 is 1.42 bits per heavy atom. The number of alkyl carbamates (subject to hydrolysis) is 1. The molecule has 1 saturated carbocycles. The first-order valence-electron chi connectivity index (χ1n) is 6.53. The number of nitrogens with one attached hydrogen (secondary N) is 1. The fraction of sp³-hybridized carbons (Fsp3) is 0.846. The number of esters is 1. The Kier molecular flexibility index (Phi) is 4.79. The van der Waals surface area contributed by atoms with Crippen LogP contribution in [-0.2, 0) is 14.3 Å². The summed E-state index contributed by atoms with van der Waals surface area (Å²) in [5, 5.41) is 2.67. The predicted molar refractivity (Wildman–Crippen MR) is 70.5 cm³/mol. The first-order chi connectivity index (χ1) is 8.69. The third-order valence-electron chi connectivity index (χ3n) is 3.12. The van der Waals surface area contributed by atoms with Crippen molar-refractivity contribution in [1.29, 1.82) is 0 Å². The number of carbonyl (C=O) groups is 2. The number of hydrogen-bond acceptors (Lipinski definition) is 5. The van der Waals surface area contributed by atoms with Gasteiger partial charge in [-0.05, 0) is 46.0 Å². The molecule has 6 heteroatoms. The topological polar surface area (TPSA) is 90.6 Å². The third kappa shape index (κ3) is 4.70.